The Kier molecular flexibility index (Phi) is 5.10. The number of fused-ring (bicyclic) bond motifs is 3. The van der Waals surface area contributed by atoms with Gasteiger partial charge in [0.05, 0.1) is 24.6 Å². The van der Waals surface area contributed by atoms with E-state index in [9.17, 15) is 9.59 Å². The third-order valence-corrected chi connectivity index (χ3v) is 6.32. The molecule has 1 saturated carbocycles. The Morgan fingerprint density at radius 3 is 2.58 bits per heavy atom. The van der Waals surface area contributed by atoms with Gasteiger partial charge >= 0.3 is 0 Å². The minimum absolute atomic E-state index is 0.0231. The van der Waals surface area contributed by atoms with Gasteiger partial charge in [0, 0.05) is 11.7 Å². The zero-order chi connectivity index (χ0) is 21.4. The highest BCUT2D eigenvalue weighted by atomic mass is 16.5. The Morgan fingerprint density at radius 1 is 1.10 bits per heavy atom. The largest absolute Gasteiger partial charge is 0.497 e. The van der Waals surface area contributed by atoms with Gasteiger partial charge in [0.25, 0.3) is 5.91 Å². The number of hydrogen-bond donors (Lipinski definition) is 1. The topological polar surface area (TPSA) is 76.5 Å². The third kappa shape index (κ3) is 3.54. The molecule has 0 radical (unpaired) electrons. The lowest BCUT2D eigenvalue weighted by atomic mass is 9.94. The van der Waals surface area contributed by atoms with Crippen LogP contribution >= 0.6 is 0 Å². The number of hydrogen-bond acceptors (Lipinski definition) is 4. The summed E-state index contributed by atoms with van der Waals surface area (Å²) in [5.74, 6) is 1.18. The van der Waals surface area contributed by atoms with E-state index in [2.05, 4.69) is 5.32 Å². The van der Waals surface area contributed by atoms with E-state index in [1.807, 2.05) is 33.7 Å². The molecule has 1 aliphatic carbocycles. The average molecular weight is 418 g/mol. The van der Waals surface area contributed by atoms with E-state index < -0.39 is 6.04 Å². The van der Waals surface area contributed by atoms with E-state index in [0.717, 1.165) is 42.5 Å². The first-order valence-corrected chi connectivity index (χ1v) is 10.9. The minimum atomic E-state index is -0.581. The molecule has 3 aromatic rings. The summed E-state index contributed by atoms with van der Waals surface area (Å²) < 4.78 is 7.12. The number of ether oxygens (including phenoxy) is 1. The maximum Gasteiger partial charge on any atom is 0.253 e. The fraction of sp³-hybridized carbons (Fsp3) is 0.375. The molecule has 7 heteroatoms. The molecule has 0 bridgehead atoms. The number of nitrogens with one attached hydrogen (secondary N) is 1. The number of anilines is 2. The SMILES string of the molecule is COc1ccc(NC(=O)CC2C(=O)N(C3CCCCC3)c3nc4ccccc4n32)cc1. The predicted molar refractivity (Wildman–Crippen MR) is 119 cm³/mol. The number of benzene rings is 2. The monoisotopic (exact) mass is 418 g/mol. The summed E-state index contributed by atoms with van der Waals surface area (Å²) in [6.07, 6.45) is 5.50. The number of para-hydroxylation sites is 2. The van der Waals surface area contributed by atoms with E-state index in [1.54, 1.807) is 31.4 Å². The van der Waals surface area contributed by atoms with Crippen LogP contribution in [0.15, 0.2) is 48.5 Å². The van der Waals surface area contributed by atoms with Crippen molar-refractivity contribution in [3.8, 4) is 5.75 Å². The van der Waals surface area contributed by atoms with Crippen molar-refractivity contribution in [2.45, 2.75) is 50.6 Å². The van der Waals surface area contributed by atoms with E-state index in [1.165, 1.54) is 6.42 Å². The molecular weight excluding hydrogens is 392 g/mol. The zero-order valence-corrected chi connectivity index (χ0v) is 17.6. The van der Waals surface area contributed by atoms with Gasteiger partial charge in [-0.25, -0.2) is 4.98 Å². The lowest BCUT2D eigenvalue weighted by Gasteiger charge is -2.30. The van der Waals surface area contributed by atoms with Crippen LogP contribution in [-0.4, -0.2) is 34.5 Å². The molecule has 1 fully saturated rings. The van der Waals surface area contributed by atoms with E-state index in [-0.39, 0.29) is 24.3 Å². The Balaban J connectivity index is 1.44. The van der Waals surface area contributed by atoms with Gasteiger partial charge in [-0.15, -0.1) is 0 Å². The second-order valence-electron chi connectivity index (χ2n) is 8.27. The van der Waals surface area contributed by atoms with Gasteiger partial charge < -0.3 is 10.1 Å². The van der Waals surface area contributed by atoms with Crippen molar-refractivity contribution in [1.82, 2.24) is 9.55 Å². The van der Waals surface area contributed by atoms with Crippen LogP contribution in [0.25, 0.3) is 11.0 Å². The summed E-state index contributed by atoms with van der Waals surface area (Å²) in [4.78, 5) is 33.0. The summed E-state index contributed by atoms with van der Waals surface area (Å²) in [5.41, 5.74) is 2.42. The number of amides is 2. The highest BCUT2D eigenvalue weighted by Gasteiger charge is 2.44. The van der Waals surface area contributed by atoms with Crippen molar-refractivity contribution < 1.29 is 14.3 Å². The highest BCUT2D eigenvalue weighted by molar-refractivity contribution is 6.05. The molecule has 1 N–H and O–H groups in total. The van der Waals surface area contributed by atoms with Crippen LogP contribution in [0, 0.1) is 0 Å². The van der Waals surface area contributed by atoms with Crippen LogP contribution in [0.1, 0.15) is 44.6 Å². The van der Waals surface area contributed by atoms with Gasteiger partial charge in [0.15, 0.2) is 0 Å². The molecule has 0 spiro atoms. The van der Waals surface area contributed by atoms with E-state index >= 15 is 0 Å². The fourth-order valence-corrected chi connectivity index (χ4v) is 4.80. The van der Waals surface area contributed by atoms with Crippen molar-refractivity contribution in [3.63, 3.8) is 0 Å². The van der Waals surface area contributed by atoms with Gasteiger partial charge in [-0.1, -0.05) is 31.4 Å². The van der Waals surface area contributed by atoms with Gasteiger partial charge in [0.2, 0.25) is 11.9 Å². The Labute approximate surface area is 181 Å². The van der Waals surface area contributed by atoms with Crippen LogP contribution in [-0.2, 0) is 9.59 Å². The number of carbonyl (C=O) groups is 2. The molecule has 31 heavy (non-hydrogen) atoms. The molecule has 2 heterocycles. The Bertz CT molecular complexity index is 1120. The second-order valence-corrected chi connectivity index (χ2v) is 8.27. The molecule has 1 atom stereocenters. The first-order chi connectivity index (χ1) is 15.2. The molecule has 1 aromatic heterocycles. The first-order valence-electron chi connectivity index (χ1n) is 10.9. The normalized spacial score (nSPS) is 18.9. The van der Waals surface area contributed by atoms with Crippen molar-refractivity contribution >= 4 is 34.5 Å². The van der Waals surface area contributed by atoms with Gasteiger partial charge in [-0.05, 0) is 49.2 Å². The number of aromatic nitrogens is 2. The van der Waals surface area contributed by atoms with E-state index in [4.69, 9.17) is 9.72 Å². The molecule has 160 valence electrons. The molecule has 0 saturated heterocycles. The van der Waals surface area contributed by atoms with Crippen molar-refractivity contribution in [3.05, 3.63) is 48.5 Å². The van der Waals surface area contributed by atoms with Crippen molar-refractivity contribution in [1.29, 1.82) is 0 Å². The summed E-state index contributed by atoms with van der Waals surface area (Å²) in [5, 5.41) is 2.91. The fourth-order valence-electron chi connectivity index (χ4n) is 4.80. The number of nitrogens with zero attached hydrogens (tertiary/aromatic N) is 3. The van der Waals surface area contributed by atoms with Gasteiger partial charge in [0.1, 0.15) is 11.8 Å². The van der Waals surface area contributed by atoms with Crippen LogP contribution in [0.4, 0.5) is 11.6 Å². The highest BCUT2D eigenvalue weighted by Crippen LogP contribution is 2.40. The number of methoxy groups -OCH3 is 1. The van der Waals surface area contributed by atoms with Crippen LogP contribution < -0.4 is 15.0 Å². The number of rotatable bonds is 5. The lowest BCUT2D eigenvalue weighted by Crippen LogP contribution is -2.41. The molecule has 2 amide bonds. The smallest absolute Gasteiger partial charge is 0.253 e. The molecule has 1 unspecified atom stereocenters. The van der Waals surface area contributed by atoms with Gasteiger partial charge in [-0.2, -0.15) is 0 Å². The number of imidazole rings is 1. The molecule has 1 aliphatic heterocycles. The van der Waals surface area contributed by atoms with E-state index in [0.29, 0.717) is 11.6 Å². The maximum atomic E-state index is 13.5. The molecule has 7 nitrogen and oxygen atoms in total. The maximum absolute atomic E-state index is 13.5. The molecular formula is C24H26N4O3. The third-order valence-electron chi connectivity index (χ3n) is 6.32. The summed E-state index contributed by atoms with van der Waals surface area (Å²) in [6.45, 7) is 0. The Morgan fingerprint density at radius 2 is 1.84 bits per heavy atom. The zero-order valence-electron chi connectivity index (χ0n) is 17.6. The van der Waals surface area contributed by atoms with Crippen LogP contribution in [0.3, 0.4) is 0 Å². The van der Waals surface area contributed by atoms with Crippen molar-refractivity contribution in [2.75, 3.05) is 17.3 Å². The summed E-state index contributed by atoms with van der Waals surface area (Å²) in [6, 6.07) is 14.6. The first kappa shape index (κ1) is 19.6. The molecule has 2 aliphatic rings. The molecule has 5 rings (SSSR count). The summed E-state index contributed by atoms with van der Waals surface area (Å²) >= 11 is 0. The lowest BCUT2D eigenvalue weighted by molar-refractivity contribution is -0.125. The van der Waals surface area contributed by atoms with Crippen molar-refractivity contribution in [2.24, 2.45) is 0 Å². The number of carbonyl (C=O) groups excluding carboxylic acids is 2. The average Bonchev–Trinajstić information content (AvgIpc) is 3.29. The van der Waals surface area contributed by atoms with Gasteiger partial charge in [-0.3, -0.25) is 19.1 Å². The Hall–Kier alpha value is -3.35. The minimum Gasteiger partial charge on any atom is -0.497 e. The van der Waals surface area contributed by atoms with Crippen LogP contribution in [0.5, 0.6) is 5.75 Å². The quantitative estimate of drug-likeness (QED) is 0.670. The second kappa shape index (κ2) is 8.06. The standard InChI is InChI=1S/C24H26N4O3/c1-31-18-13-11-16(12-14-18)25-22(29)15-21-23(30)27(17-7-3-2-4-8-17)24-26-19-9-5-6-10-20(19)28(21)24/h5-6,9-14,17,21H,2-4,7-8,15H2,1H3,(H,25,29). The predicted octanol–water partition coefficient (Wildman–Crippen LogP) is 4.29. The summed E-state index contributed by atoms with van der Waals surface area (Å²) in [7, 11) is 1.60. The molecule has 2 aromatic carbocycles. The van der Waals surface area contributed by atoms with Crippen LogP contribution in [0.2, 0.25) is 0 Å².